The van der Waals surface area contributed by atoms with Crippen LogP contribution in [0.3, 0.4) is 0 Å². The van der Waals surface area contributed by atoms with Crippen LogP contribution in [-0.2, 0) is 4.79 Å². The van der Waals surface area contributed by atoms with Crippen molar-refractivity contribution < 1.29 is 14.3 Å². The molecular weight excluding hydrogens is 184 g/mol. The van der Waals surface area contributed by atoms with Crippen molar-refractivity contribution >= 4 is 17.5 Å². The number of fused-ring (bicyclic) bond motifs is 1. The smallest absolute Gasteiger partial charge is 0.264 e. The zero-order valence-corrected chi connectivity index (χ0v) is 7.24. The van der Waals surface area contributed by atoms with Crippen molar-refractivity contribution in [2.24, 2.45) is 0 Å². The van der Waals surface area contributed by atoms with Crippen molar-refractivity contribution in [3.8, 4) is 5.75 Å². The fraction of sp³-hybridized carbons (Fsp3) is 0.111. The number of carbonyl (C=O) groups excluding carboxylic acids is 2. The van der Waals surface area contributed by atoms with Gasteiger partial charge in [0, 0.05) is 5.69 Å². The van der Waals surface area contributed by atoms with Crippen LogP contribution in [-0.4, -0.2) is 18.4 Å². The van der Waals surface area contributed by atoms with Gasteiger partial charge >= 0.3 is 0 Å². The SMILES string of the molecule is Nc1ccc2c(c1)C(=O)NC(=O)CO2. The van der Waals surface area contributed by atoms with Crippen LogP contribution >= 0.6 is 0 Å². The first-order chi connectivity index (χ1) is 6.66. The second-order valence-electron chi connectivity index (χ2n) is 2.92. The fourth-order valence-corrected chi connectivity index (χ4v) is 1.22. The highest BCUT2D eigenvalue weighted by Crippen LogP contribution is 2.22. The molecule has 2 rings (SSSR count). The van der Waals surface area contributed by atoms with Crippen molar-refractivity contribution in [1.29, 1.82) is 0 Å². The van der Waals surface area contributed by atoms with Crippen molar-refractivity contribution in [2.45, 2.75) is 0 Å². The molecule has 1 aromatic rings. The molecule has 1 heterocycles. The maximum Gasteiger partial charge on any atom is 0.264 e. The number of carbonyl (C=O) groups is 2. The number of ether oxygens (including phenoxy) is 1. The van der Waals surface area contributed by atoms with Gasteiger partial charge in [-0.05, 0) is 18.2 Å². The average molecular weight is 192 g/mol. The standard InChI is InChI=1S/C9H8N2O3/c10-5-1-2-7-6(3-5)9(13)11-8(12)4-14-7/h1-3H,4,10H2,(H,11,12,13). The van der Waals surface area contributed by atoms with Gasteiger partial charge in [0.2, 0.25) is 0 Å². The molecule has 0 spiro atoms. The molecule has 2 amide bonds. The highest BCUT2D eigenvalue weighted by Gasteiger charge is 2.20. The minimum absolute atomic E-state index is 0.150. The van der Waals surface area contributed by atoms with Crippen LogP contribution in [0.1, 0.15) is 10.4 Å². The van der Waals surface area contributed by atoms with Gasteiger partial charge in [-0.1, -0.05) is 0 Å². The van der Waals surface area contributed by atoms with Crippen LogP contribution in [0.5, 0.6) is 5.75 Å². The van der Waals surface area contributed by atoms with Crippen LogP contribution in [0.15, 0.2) is 18.2 Å². The molecule has 1 aliphatic heterocycles. The minimum Gasteiger partial charge on any atom is -0.483 e. The van der Waals surface area contributed by atoms with E-state index < -0.39 is 11.8 Å². The van der Waals surface area contributed by atoms with Crippen molar-refractivity contribution in [1.82, 2.24) is 5.32 Å². The quantitative estimate of drug-likeness (QED) is 0.445. The minimum atomic E-state index is -0.477. The summed E-state index contributed by atoms with van der Waals surface area (Å²) in [5.74, 6) is -0.554. The highest BCUT2D eigenvalue weighted by atomic mass is 16.5. The number of nitrogens with two attached hydrogens (primary N) is 1. The summed E-state index contributed by atoms with van der Waals surface area (Å²) < 4.78 is 5.10. The Kier molecular flexibility index (Phi) is 1.85. The van der Waals surface area contributed by atoms with Gasteiger partial charge in [0.1, 0.15) is 5.75 Å². The first-order valence-corrected chi connectivity index (χ1v) is 4.03. The summed E-state index contributed by atoms with van der Waals surface area (Å²) in [6, 6.07) is 4.66. The third-order valence-electron chi connectivity index (χ3n) is 1.86. The lowest BCUT2D eigenvalue weighted by Crippen LogP contribution is -2.31. The Balaban J connectivity index is 2.49. The van der Waals surface area contributed by atoms with E-state index in [1.807, 2.05) is 0 Å². The monoisotopic (exact) mass is 192 g/mol. The van der Waals surface area contributed by atoms with Crippen molar-refractivity contribution in [3.05, 3.63) is 23.8 Å². The number of anilines is 1. The van der Waals surface area contributed by atoms with Gasteiger partial charge in [-0.15, -0.1) is 0 Å². The molecule has 1 aromatic carbocycles. The van der Waals surface area contributed by atoms with Gasteiger partial charge in [0.15, 0.2) is 6.61 Å². The molecule has 1 aliphatic rings. The van der Waals surface area contributed by atoms with E-state index in [0.717, 1.165) is 0 Å². The molecule has 0 saturated heterocycles. The predicted octanol–water partition coefficient (Wildman–Crippen LogP) is -0.0824. The molecule has 0 aromatic heterocycles. The summed E-state index contributed by atoms with van der Waals surface area (Å²) in [6.07, 6.45) is 0. The average Bonchev–Trinajstić information content (AvgIpc) is 2.27. The summed E-state index contributed by atoms with van der Waals surface area (Å²) >= 11 is 0. The van der Waals surface area contributed by atoms with Gasteiger partial charge in [-0.25, -0.2) is 0 Å². The number of rotatable bonds is 0. The van der Waals surface area contributed by atoms with Crippen LogP contribution < -0.4 is 15.8 Å². The third kappa shape index (κ3) is 1.39. The van der Waals surface area contributed by atoms with Crippen LogP contribution in [0.25, 0.3) is 0 Å². The molecule has 0 radical (unpaired) electrons. The molecule has 14 heavy (non-hydrogen) atoms. The van der Waals surface area contributed by atoms with E-state index in [1.165, 1.54) is 6.07 Å². The maximum atomic E-state index is 11.4. The van der Waals surface area contributed by atoms with Crippen molar-refractivity contribution in [3.63, 3.8) is 0 Å². The largest absolute Gasteiger partial charge is 0.483 e. The van der Waals surface area contributed by atoms with E-state index >= 15 is 0 Å². The van der Waals surface area contributed by atoms with Crippen molar-refractivity contribution in [2.75, 3.05) is 12.3 Å². The molecule has 0 saturated carbocycles. The van der Waals surface area contributed by atoms with E-state index in [4.69, 9.17) is 10.5 Å². The zero-order chi connectivity index (χ0) is 10.1. The Labute approximate surface area is 79.8 Å². The lowest BCUT2D eigenvalue weighted by Gasteiger charge is -2.04. The van der Waals surface area contributed by atoms with E-state index in [1.54, 1.807) is 12.1 Å². The first-order valence-electron chi connectivity index (χ1n) is 4.03. The van der Waals surface area contributed by atoms with E-state index in [0.29, 0.717) is 11.4 Å². The Morgan fingerprint density at radius 2 is 2.14 bits per heavy atom. The zero-order valence-electron chi connectivity index (χ0n) is 7.24. The summed E-state index contributed by atoms with van der Waals surface area (Å²) in [6.45, 7) is -0.150. The Morgan fingerprint density at radius 1 is 1.36 bits per heavy atom. The molecule has 72 valence electrons. The van der Waals surface area contributed by atoms with Crippen LogP contribution in [0, 0.1) is 0 Å². The molecule has 5 heteroatoms. The number of nitrogen functional groups attached to an aromatic ring is 1. The molecule has 3 N–H and O–H groups in total. The molecule has 0 bridgehead atoms. The van der Waals surface area contributed by atoms with E-state index in [2.05, 4.69) is 5.32 Å². The van der Waals surface area contributed by atoms with Gasteiger partial charge in [-0.3, -0.25) is 14.9 Å². The number of hydrogen-bond donors (Lipinski definition) is 2. The second-order valence-corrected chi connectivity index (χ2v) is 2.92. The Bertz CT molecular complexity index is 415. The van der Waals surface area contributed by atoms with Gasteiger partial charge < -0.3 is 10.5 Å². The topological polar surface area (TPSA) is 81.4 Å². The second kappa shape index (κ2) is 3.02. The lowest BCUT2D eigenvalue weighted by molar-refractivity contribution is -0.121. The maximum absolute atomic E-state index is 11.4. The van der Waals surface area contributed by atoms with Crippen LogP contribution in [0.2, 0.25) is 0 Å². The fourth-order valence-electron chi connectivity index (χ4n) is 1.22. The number of benzene rings is 1. The number of nitrogens with one attached hydrogen (secondary N) is 1. The Hall–Kier alpha value is -2.04. The van der Waals surface area contributed by atoms with Gasteiger partial charge in [-0.2, -0.15) is 0 Å². The van der Waals surface area contributed by atoms with Crippen LogP contribution in [0.4, 0.5) is 5.69 Å². The number of amides is 2. The summed E-state index contributed by atoms with van der Waals surface area (Å²) in [5.41, 5.74) is 6.25. The van der Waals surface area contributed by atoms with Gasteiger partial charge in [0.05, 0.1) is 5.56 Å². The molecule has 0 unspecified atom stereocenters. The Morgan fingerprint density at radius 3 is 2.93 bits per heavy atom. The van der Waals surface area contributed by atoms with E-state index in [9.17, 15) is 9.59 Å². The molecule has 0 aliphatic carbocycles. The summed E-state index contributed by atoms with van der Waals surface area (Å²) in [5, 5.41) is 2.17. The van der Waals surface area contributed by atoms with E-state index in [-0.39, 0.29) is 12.2 Å². The summed E-state index contributed by atoms with van der Waals surface area (Å²) in [4.78, 5) is 22.4. The first kappa shape index (κ1) is 8.55. The lowest BCUT2D eigenvalue weighted by atomic mass is 10.1. The molecule has 0 atom stereocenters. The predicted molar refractivity (Wildman–Crippen MR) is 48.8 cm³/mol. The molecular formula is C9H8N2O3. The molecule has 5 nitrogen and oxygen atoms in total. The third-order valence-corrected chi connectivity index (χ3v) is 1.86. The van der Waals surface area contributed by atoms with Gasteiger partial charge in [0.25, 0.3) is 11.8 Å². The highest BCUT2D eigenvalue weighted by molar-refractivity contribution is 6.08. The number of hydrogen-bond acceptors (Lipinski definition) is 4. The normalized spacial score (nSPS) is 15.1. The molecule has 0 fully saturated rings. The number of imide groups is 1. The summed E-state index contributed by atoms with van der Waals surface area (Å²) in [7, 11) is 0.